The zero-order chi connectivity index (χ0) is 13.7. The minimum Gasteiger partial charge on any atom is -0.507 e. The molecule has 3 N–H and O–H groups in total. The highest BCUT2D eigenvalue weighted by Crippen LogP contribution is 2.17. The van der Waals surface area contributed by atoms with Crippen molar-refractivity contribution < 1.29 is 28.9 Å². The minimum absolute atomic E-state index is 0.285. The van der Waals surface area contributed by atoms with Gasteiger partial charge < -0.3 is 20.3 Å². The topological polar surface area (TPSA) is 95.9 Å². The van der Waals surface area contributed by atoms with E-state index < -0.39 is 36.1 Å². The van der Waals surface area contributed by atoms with Crippen molar-refractivity contribution in [3.05, 3.63) is 29.6 Å². The van der Waals surface area contributed by atoms with Gasteiger partial charge in [-0.25, -0.2) is 9.18 Å². The number of aromatic hydroxyl groups is 1. The largest absolute Gasteiger partial charge is 0.507 e. The van der Waals surface area contributed by atoms with Gasteiger partial charge >= 0.3 is 5.97 Å². The lowest BCUT2D eigenvalue weighted by atomic mass is 10.2. The molecule has 0 radical (unpaired) electrons. The van der Waals surface area contributed by atoms with Crippen molar-refractivity contribution in [2.75, 3.05) is 13.7 Å². The van der Waals surface area contributed by atoms with E-state index in [0.29, 0.717) is 0 Å². The summed E-state index contributed by atoms with van der Waals surface area (Å²) in [5, 5.41) is 20.7. The normalized spacial score (nSPS) is 11.7. The molecule has 0 aromatic heterocycles. The van der Waals surface area contributed by atoms with E-state index in [4.69, 9.17) is 0 Å². The van der Waals surface area contributed by atoms with Gasteiger partial charge in [-0.1, -0.05) is 0 Å². The van der Waals surface area contributed by atoms with E-state index in [0.717, 1.165) is 25.3 Å². The fraction of sp³-hybridized carbons (Fsp3) is 0.273. The molecule has 1 rings (SSSR count). The van der Waals surface area contributed by atoms with Gasteiger partial charge in [-0.3, -0.25) is 4.79 Å². The molecular weight excluding hydrogens is 245 g/mol. The van der Waals surface area contributed by atoms with E-state index in [1.165, 1.54) is 0 Å². The lowest BCUT2D eigenvalue weighted by Gasteiger charge is -2.10. The van der Waals surface area contributed by atoms with Crippen LogP contribution in [0.2, 0.25) is 0 Å². The maximum absolute atomic E-state index is 12.9. The summed E-state index contributed by atoms with van der Waals surface area (Å²) in [7, 11) is 1.09. The second-order valence-corrected chi connectivity index (χ2v) is 3.41. The number of amides is 1. The highest BCUT2D eigenvalue weighted by Gasteiger charge is 2.18. The van der Waals surface area contributed by atoms with Gasteiger partial charge in [0.1, 0.15) is 11.6 Å². The molecule has 6 nitrogen and oxygen atoms in total. The van der Waals surface area contributed by atoms with Crippen molar-refractivity contribution in [3.63, 3.8) is 0 Å². The number of aliphatic hydroxyl groups is 1. The van der Waals surface area contributed by atoms with Crippen molar-refractivity contribution in [1.29, 1.82) is 0 Å². The summed E-state index contributed by atoms with van der Waals surface area (Å²) in [5.41, 5.74) is -0.285. The zero-order valence-electron chi connectivity index (χ0n) is 9.51. The predicted molar refractivity (Wildman–Crippen MR) is 58.4 cm³/mol. The molecule has 0 bridgehead atoms. The highest BCUT2D eigenvalue weighted by atomic mass is 19.1. The summed E-state index contributed by atoms with van der Waals surface area (Å²) in [4.78, 5) is 22.4. The van der Waals surface area contributed by atoms with Crippen LogP contribution in [-0.4, -0.2) is 41.8 Å². The number of benzene rings is 1. The molecule has 98 valence electrons. The summed E-state index contributed by atoms with van der Waals surface area (Å²) >= 11 is 0. The van der Waals surface area contributed by atoms with Crippen molar-refractivity contribution in [1.82, 2.24) is 5.32 Å². The average Bonchev–Trinajstić information content (AvgIpc) is 2.37. The van der Waals surface area contributed by atoms with Crippen molar-refractivity contribution in [3.8, 4) is 5.75 Å². The Labute approximate surface area is 102 Å². The van der Waals surface area contributed by atoms with E-state index in [-0.39, 0.29) is 5.56 Å². The molecule has 18 heavy (non-hydrogen) atoms. The first-order valence-corrected chi connectivity index (χ1v) is 4.98. The number of halogens is 1. The van der Waals surface area contributed by atoms with Gasteiger partial charge in [-0.05, 0) is 18.2 Å². The van der Waals surface area contributed by atoms with Gasteiger partial charge in [0.15, 0.2) is 6.10 Å². The number of nitrogens with one attached hydrogen (secondary N) is 1. The molecule has 0 aliphatic heterocycles. The fourth-order valence-electron chi connectivity index (χ4n) is 1.19. The third-order valence-electron chi connectivity index (χ3n) is 2.13. The van der Waals surface area contributed by atoms with Crippen molar-refractivity contribution in [2.45, 2.75) is 6.10 Å². The monoisotopic (exact) mass is 257 g/mol. The second-order valence-electron chi connectivity index (χ2n) is 3.41. The first-order chi connectivity index (χ1) is 8.45. The number of phenols is 1. The van der Waals surface area contributed by atoms with Gasteiger partial charge in [0, 0.05) is 0 Å². The standard InChI is InChI=1S/C11H12FNO5/c1-18-11(17)9(15)5-13-10(16)7-4-6(12)2-3-8(7)14/h2-4,9,14-15H,5H2,1H3,(H,13,16). The molecule has 1 aromatic rings. The van der Waals surface area contributed by atoms with Gasteiger partial charge in [0.2, 0.25) is 0 Å². The molecule has 0 spiro atoms. The Morgan fingerprint density at radius 3 is 2.78 bits per heavy atom. The van der Waals surface area contributed by atoms with Gasteiger partial charge in [-0.2, -0.15) is 0 Å². The van der Waals surface area contributed by atoms with E-state index >= 15 is 0 Å². The summed E-state index contributed by atoms with van der Waals surface area (Å²) in [5.74, 6) is -2.80. The third kappa shape index (κ3) is 3.42. The van der Waals surface area contributed by atoms with Gasteiger partial charge in [0.25, 0.3) is 5.91 Å². The maximum Gasteiger partial charge on any atom is 0.336 e. The number of ether oxygens (including phenoxy) is 1. The predicted octanol–water partition coefficient (Wildman–Crippen LogP) is -0.205. The number of methoxy groups -OCH3 is 1. The van der Waals surface area contributed by atoms with Crippen LogP contribution in [0, 0.1) is 5.82 Å². The van der Waals surface area contributed by atoms with Gasteiger partial charge in [0.05, 0.1) is 19.2 Å². The number of hydrogen-bond donors (Lipinski definition) is 3. The first-order valence-electron chi connectivity index (χ1n) is 4.98. The zero-order valence-corrected chi connectivity index (χ0v) is 9.51. The van der Waals surface area contributed by atoms with Crippen LogP contribution in [0.5, 0.6) is 5.75 Å². The molecule has 1 aromatic carbocycles. The number of rotatable bonds is 4. The Bertz CT molecular complexity index is 463. The molecule has 0 fully saturated rings. The Morgan fingerprint density at radius 1 is 1.50 bits per heavy atom. The average molecular weight is 257 g/mol. The Balaban J connectivity index is 2.66. The van der Waals surface area contributed by atoms with Crippen LogP contribution in [0.15, 0.2) is 18.2 Å². The summed E-state index contributed by atoms with van der Waals surface area (Å²) in [6.45, 7) is -0.401. The summed E-state index contributed by atoms with van der Waals surface area (Å²) < 4.78 is 17.1. The SMILES string of the molecule is COC(=O)C(O)CNC(=O)c1cc(F)ccc1O. The van der Waals surface area contributed by atoms with Crippen LogP contribution in [0.4, 0.5) is 4.39 Å². The van der Waals surface area contributed by atoms with E-state index in [9.17, 15) is 24.2 Å². The summed E-state index contributed by atoms with van der Waals surface area (Å²) in [6.07, 6.45) is -1.52. The first kappa shape index (κ1) is 13.9. The number of carbonyl (C=O) groups excluding carboxylic acids is 2. The number of hydrogen-bond acceptors (Lipinski definition) is 5. The van der Waals surface area contributed by atoms with Crippen LogP contribution in [0.1, 0.15) is 10.4 Å². The number of phenolic OH excluding ortho intramolecular Hbond substituents is 1. The minimum atomic E-state index is -1.52. The number of aliphatic hydroxyl groups excluding tert-OH is 1. The molecule has 1 atom stereocenters. The highest BCUT2D eigenvalue weighted by molar-refractivity contribution is 5.97. The van der Waals surface area contributed by atoms with Crippen molar-refractivity contribution >= 4 is 11.9 Å². The lowest BCUT2D eigenvalue weighted by Crippen LogP contribution is -2.37. The Kier molecular flexibility index (Phi) is 4.61. The summed E-state index contributed by atoms with van der Waals surface area (Å²) in [6, 6.07) is 2.87. The van der Waals surface area contributed by atoms with Crippen molar-refractivity contribution in [2.24, 2.45) is 0 Å². The molecule has 0 saturated carbocycles. The smallest absolute Gasteiger partial charge is 0.336 e. The van der Waals surface area contributed by atoms with Crippen LogP contribution < -0.4 is 5.32 Å². The van der Waals surface area contributed by atoms with Crippen LogP contribution in [0.25, 0.3) is 0 Å². The third-order valence-corrected chi connectivity index (χ3v) is 2.13. The molecule has 0 aliphatic rings. The molecule has 1 amide bonds. The molecular formula is C11H12FNO5. The molecule has 1 unspecified atom stereocenters. The Morgan fingerprint density at radius 2 is 2.17 bits per heavy atom. The van der Waals surface area contributed by atoms with Gasteiger partial charge in [-0.15, -0.1) is 0 Å². The van der Waals surface area contributed by atoms with Crippen LogP contribution in [-0.2, 0) is 9.53 Å². The molecule has 0 aliphatic carbocycles. The van der Waals surface area contributed by atoms with E-state index in [1.54, 1.807) is 0 Å². The molecule has 0 saturated heterocycles. The van der Waals surface area contributed by atoms with E-state index in [2.05, 4.69) is 10.1 Å². The fourth-order valence-corrected chi connectivity index (χ4v) is 1.19. The quantitative estimate of drug-likeness (QED) is 0.649. The van der Waals surface area contributed by atoms with Crippen LogP contribution in [0.3, 0.4) is 0 Å². The Hall–Kier alpha value is -2.15. The second kappa shape index (κ2) is 5.97. The molecule has 0 heterocycles. The van der Waals surface area contributed by atoms with Crippen LogP contribution >= 0.6 is 0 Å². The lowest BCUT2D eigenvalue weighted by molar-refractivity contribution is -0.149. The van der Waals surface area contributed by atoms with E-state index in [1.807, 2.05) is 0 Å². The number of carbonyl (C=O) groups is 2. The maximum atomic E-state index is 12.9. The number of esters is 1. The molecule has 7 heteroatoms.